The molecule has 4 nitrogen and oxygen atoms in total. The lowest BCUT2D eigenvalue weighted by molar-refractivity contribution is 0.628. The summed E-state index contributed by atoms with van der Waals surface area (Å²) in [4.78, 5) is 8.36. The lowest BCUT2D eigenvalue weighted by atomic mass is 10.1. The average Bonchev–Trinajstić information content (AvgIpc) is 2.38. The molecule has 0 spiro atoms. The molecule has 0 radical (unpaired) electrons. The Hall–Kier alpha value is -2.01. The molecule has 0 aliphatic carbocycles. The molecule has 3 N–H and O–H groups in total. The third-order valence-corrected chi connectivity index (χ3v) is 2.41. The zero-order valence-corrected chi connectivity index (χ0v) is 10.1. The van der Waals surface area contributed by atoms with Crippen LogP contribution in [-0.4, -0.2) is 22.6 Å². The highest BCUT2D eigenvalue weighted by Crippen LogP contribution is 2.18. The van der Waals surface area contributed by atoms with Crippen molar-refractivity contribution in [3.63, 3.8) is 0 Å². The summed E-state index contributed by atoms with van der Waals surface area (Å²) in [5.74, 6) is 0.285. The first-order chi connectivity index (χ1) is 8.65. The quantitative estimate of drug-likeness (QED) is 0.866. The fraction of sp³-hybridized carbons (Fsp3) is 0.231. The highest BCUT2D eigenvalue weighted by molar-refractivity contribution is 5.61. The summed E-state index contributed by atoms with van der Waals surface area (Å²) >= 11 is 0. The Balaban J connectivity index is 2.09. The standard InChI is InChI=1S/C13H15FN4/c1-9(15)6-16-13-17-7-11(8-18-13)10-2-4-12(14)5-3-10/h2-5,7-9H,6,15H2,1H3,(H,16,17,18). The first-order valence-electron chi connectivity index (χ1n) is 5.72. The average molecular weight is 246 g/mol. The summed E-state index contributed by atoms with van der Waals surface area (Å²) in [5, 5.41) is 3.02. The first kappa shape index (κ1) is 12.4. The summed E-state index contributed by atoms with van der Waals surface area (Å²) in [5.41, 5.74) is 7.35. The molecule has 0 aliphatic rings. The second-order valence-corrected chi connectivity index (χ2v) is 4.16. The summed E-state index contributed by atoms with van der Waals surface area (Å²) in [6.07, 6.45) is 3.40. The van der Waals surface area contributed by atoms with E-state index in [2.05, 4.69) is 15.3 Å². The van der Waals surface area contributed by atoms with Gasteiger partial charge >= 0.3 is 0 Å². The Bertz CT molecular complexity index is 493. The Morgan fingerprint density at radius 3 is 2.33 bits per heavy atom. The largest absolute Gasteiger partial charge is 0.353 e. The van der Waals surface area contributed by atoms with Gasteiger partial charge in [0.2, 0.25) is 5.95 Å². The molecule has 5 heteroatoms. The monoisotopic (exact) mass is 246 g/mol. The van der Waals surface area contributed by atoms with Gasteiger partial charge in [-0.25, -0.2) is 14.4 Å². The van der Waals surface area contributed by atoms with E-state index in [1.54, 1.807) is 24.5 Å². The summed E-state index contributed by atoms with van der Waals surface area (Å²) in [6, 6.07) is 6.27. The number of nitrogens with zero attached hydrogens (tertiary/aromatic N) is 2. The normalized spacial score (nSPS) is 12.2. The van der Waals surface area contributed by atoms with E-state index in [9.17, 15) is 4.39 Å². The molecule has 0 saturated heterocycles. The van der Waals surface area contributed by atoms with Crippen LogP contribution in [0.5, 0.6) is 0 Å². The number of benzene rings is 1. The molecule has 1 unspecified atom stereocenters. The Labute approximate surface area is 105 Å². The molecule has 2 rings (SSSR count). The van der Waals surface area contributed by atoms with Crippen molar-refractivity contribution in [3.8, 4) is 11.1 Å². The number of hydrogen-bond donors (Lipinski definition) is 2. The lowest BCUT2D eigenvalue weighted by Gasteiger charge is -2.07. The van der Waals surface area contributed by atoms with Gasteiger partial charge in [-0.3, -0.25) is 0 Å². The van der Waals surface area contributed by atoms with E-state index in [0.29, 0.717) is 12.5 Å². The maximum atomic E-state index is 12.8. The van der Waals surface area contributed by atoms with Gasteiger partial charge in [-0.15, -0.1) is 0 Å². The van der Waals surface area contributed by atoms with Crippen molar-refractivity contribution in [3.05, 3.63) is 42.5 Å². The first-order valence-corrected chi connectivity index (χ1v) is 5.72. The number of aromatic nitrogens is 2. The van der Waals surface area contributed by atoms with Crippen molar-refractivity contribution >= 4 is 5.95 Å². The Morgan fingerprint density at radius 2 is 1.78 bits per heavy atom. The van der Waals surface area contributed by atoms with E-state index in [-0.39, 0.29) is 11.9 Å². The number of hydrogen-bond acceptors (Lipinski definition) is 4. The van der Waals surface area contributed by atoms with Gasteiger partial charge in [-0.05, 0) is 24.6 Å². The SMILES string of the molecule is CC(N)CNc1ncc(-c2ccc(F)cc2)cn1. The number of nitrogens with one attached hydrogen (secondary N) is 1. The fourth-order valence-corrected chi connectivity index (χ4v) is 1.46. The van der Waals surface area contributed by atoms with Crippen molar-refractivity contribution in [1.29, 1.82) is 0 Å². The summed E-state index contributed by atoms with van der Waals surface area (Å²) in [6.45, 7) is 2.52. The van der Waals surface area contributed by atoms with Crippen LogP contribution in [0.15, 0.2) is 36.7 Å². The van der Waals surface area contributed by atoms with Gasteiger partial charge in [-0.1, -0.05) is 12.1 Å². The van der Waals surface area contributed by atoms with Crippen LogP contribution >= 0.6 is 0 Å². The zero-order chi connectivity index (χ0) is 13.0. The molecule has 0 fully saturated rings. The molecule has 0 amide bonds. The van der Waals surface area contributed by atoms with Crippen molar-refractivity contribution in [2.75, 3.05) is 11.9 Å². The van der Waals surface area contributed by atoms with Gasteiger partial charge in [0, 0.05) is 30.5 Å². The minimum absolute atomic E-state index is 0.0466. The van der Waals surface area contributed by atoms with Crippen LogP contribution in [-0.2, 0) is 0 Å². The molecule has 2 aromatic rings. The molecule has 0 saturated carbocycles. The van der Waals surface area contributed by atoms with E-state index in [1.807, 2.05) is 6.92 Å². The van der Waals surface area contributed by atoms with Crippen LogP contribution in [0.25, 0.3) is 11.1 Å². The van der Waals surface area contributed by atoms with Crippen LogP contribution in [0.3, 0.4) is 0 Å². The molecule has 1 aromatic carbocycles. The van der Waals surface area contributed by atoms with Crippen molar-refractivity contribution < 1.29 is 4.39 Å². The van der Waals surface area contributed by atoms with Gasteiger partial charge in [0.15, 0.2) is 0 Å². The lowest BCUT2D eigenvalue weighted by Crippen LogP contribution is -2.25. The third kappa shape index (κ3) is 3.24. The molecule has 0 aliphatic heterocycles. The van der Waals surface area contributed by atoms with Crippen molar-refractivity contribution in [1.82, 2.24) is 9.97 Å². The smallest absolute Gasteiger partial charge is 0.222 e. The van der Waals surface area contributed by atoms with Gasteiger partial charge in [-0.2, -0.15) is 0 Å². The van der Waals surface area contributed by atoms with E-state index < -0.39 is 0 Å². The van der Waals surface area contributed by atoms with Crippen LogP contribution in [0.4, 0.5) is 10.3 Å². The van der Waals surface area contributed by atoms with Crippen LogP contribution in [0.1, 0.15) is 6.92 Å². The Kier molecular flexibility index (Phi) is 3.84. The molecule has 0 bridgehead atoms. The second-order valence-electron chi connectivity index (χ2n) is 4.16. The van der Waals surface area contributed by atoms with E-state index in [1.165, 1.54) is 12.1 Å². The molecular formula is C13H15FN4. The molecular weight excluding hydrogens is 231 g/mol. The Morgan fingerprint density at radius 1 is 1.17 bits per heavy atom. The summed E-state index contributed by atoms with van der Waals surface area (Å²) in [7, 11) is 0. The molecule has 18 heavy (non-hydrogen) atoms. The predicted molar refractivity (Wildman–Crippen MR) is 69.6 cm³/mol. The highest BCUT2D eigenvalue weighted by Gasteiger charge is 2.01. The summed E-state index contributed by atoms with van der Waals surface area (Å²) < 4.78 is 12.8. The van der Waals surface area contributed by atoms with E-state index in [0.717, 1.165) is 11.1 Å². The van der Waals surface area contributed by atoms with Gasteiger partial charge in [0.1, 0.15) is 5.82 Å². The molecule has 94 valence electrons. The number of anilines is 1. The zero-order valence-electron chi connectivity index (χ0n) is 10.1. The topological polar surface area (TPSA) is 63.8 Å². The second kappa shape index (κ2) is 5.55. The van der Waals surface area contributed by atoms with Crippen molar-refractivity contribution in [2.24, 2.45) is 5.73 Å². The molecule has 1 aromatic heterocycles. The predicted octanol–water partition coefficient (Wildman–Crippen LogP) is 2.04. The van der Waals surface area contributed by atoms with Crippen molar-refractivity contribution in [2.45, 2.75) is 13.0 Å². The maximum absolute atomic E-state index is 12.8. The van der Waals surface area contributed by atoms with Gasteiger partial charge in [0.25, 0.3) is 0 Å². The van der Waals surface area contributed by atoms with E-state index >= 15 is 0 Å². The third-order valence-electron chi connectivity index (χ3n) is 2.41. The van der Waals surface area contributed by atoms with Crippen LogP contribution in [0.2, 0.25) is 0 Å². The maximum Gasteiger partial charge on any atom is 0.222 e. The molecule has 1 heterocycles. The minimum atomic E-state index is -0.255. The number of nitrogens with two attached hydrogens (primary N) is 1. The highest BCUT2D eigenvalue weighted by atomic mass is 19.1. The van der Waals surface area contributed by atoms with E-state index in [4.69, 9.17) is 5.73 Å². The van der Waals surface area contributed by atoms with Crippen LogP contribution < -0.4 is 11.1 Å². The van der Waals surface area contributed by atoms with Gasteiger partial charge < -0.3 is 11.1 Å². The van der Waals surface area contributed by atoms with Crippen LogP contribution in [0, 0.1) is 5.82 Å². The number of halogens is 1. The molecule has 1 atom stereocenters. The minimum Gasteiger partial charge on any atom is -0.353 e. The fourth-order valence-electron chi connectivity index (χ4n) is 1.46. The number of rotatable bonds is 4. The van der Waals surface area contributed by atoms with Gasteiger partial charge in [0.05, 0.1) is 0 Å².